The molecule has 1 saturated heterocycles. The van der Waals surface area contributed by atoms with Crippen LogP contribution in [-0.2, 0) is 14.3 Å². The predicted octanol–water partition coefficient (Wildman–Crippen LogP) is 1.82. The number of nitrogens with zero attached hydrogens (tertiary/aromatic N) is 1. The van der Waals surface area contributed by atoms with Crippen LogP contribution >= 0.6 is 11.6 Å². The van der Waals surface area contributed by atoms with Crippen molar-refractivity contribution in [3.05, 3.63) is 29.3 Å². The Hall–Kier alpha value is -1.51. The summed E-state index contributed by atoms with van der Waals surface area (Å²) < 4.78 is 32.5. The molecule has 1 aromatic rings. The Morgan fingerprint density at radius 3 is 2.59 bits per heavy atom. The quantitative estimate of drug-likeness (QED) is 0.815. The molecule has 0 bridgehead atoms. The normalized spacial score (nSPS) is 21.8. The van der Waals surface area contributed by atoms with E-state index in [0.29, 0.717) is 17.2 Å². The van der Waals surface area contributed by atoms with Gasteiger partial charge in [-0.05, 0) is 24.3 Å². The van der Waals surface area contributed by atoms with Gasteiger partial charge in [-0.3, -0.25) is 9.08 Å². The highest BCUT2D eigenvalue weighted by molar-refractivity contribution is 7.85. The van der Waals surface area contributed by atoms with E-state index < -0.39 is 22.3 Å². The van der Waals surface area contributed by atoms with E-state index in [1.165, 1.54) is 0 Å². The maximum absolute atomic E-state index is 11.2. The van der Waals surface area contributed by atoms with Gasteiger partial charge < -0.3 is 9.84 Å². The van der Waals surface area contributed by atoms with Gasteiger partial charge in [-0.25, -0.2) is 4.79 Å². The van der Waals surface area contributed by atoms with Gasteiger partial charge in [-0.1, -0.05) is 11.6 Å². The minimum atomic E-state index is -3.62. The Bertz CT molecular complexity index is 632. The van der Waals surface area contributed by atoms with Gasteiger partial charge in [-0.2, -0.15) is 8.42 Å². The zero-order chi connectivity index (χ0) is 16.3. The van der Waals surface area contributed by atoms with E-state index in [-0.39, 0.29) is 19.3 Å². The summed E-state index contributed by atoms with van der Waals surface area (Å²) >= 11 is 5.79. The molecule has 2 atom stereocenters. The lowest BCUT2D eigenvalue weighted by molar-refractivity contribution is 0.122. The lowest BCUT2D eigenvalue weighted by Gasteiger charge is -2.19. The first-order valence-corrected chi connectivity index (χ1v) is 8.70. The SMILES string of the molecule is CS(=O)(=O)OC[C@@H]1C[C@H](Oc2ccc(Cl)cc2)CN1C(=O)O. The van der Waals surface area contributed by atoms with E-state index in [9.17, 15) is 18.3 Å². The third-order valence-electron chi connectivity index (χ3n) is 3.21. The minimum Gasteiger partial charge on any atom is -0.489 e. The van der Waals surface area contributed by atoms with E-state index in [0.717, 1.165) is 11.2 Å². The Balaban J connectivity index is 2.00. The van der Waals surface area contributed by atoms with Crippen molar-refractivity contribution in [2.75, 3.05) is 19.4 Å². The molecule has 22 heavy (non-hydrogen) atoms. The van der Waals surface area contributed by atoms with Crippen molar-refractivity contribution in [1.82, 2.24) is 4.90 Å². The number of carboxylic acid groups (broad SMARTS) is 1. The third kappa shape index (κ3) is 4.75. The van der Waals surface area contributed by atoms with Gasteiger partial charge in [0.2, 0.25) is 0 Å². The third-order valence-corrected chi connectivity index (χ3v) is 4.03. The number of halogens is 1. The molecule has 7 nitrogen and oxygen atoms in total. The number of amides is 1. The molecule has 0 saturated carbocycles. The molecule has 0 radical (unpaired) electrons. The molecule has 0 aromatic heterocycles. The molecular formula is C13H16ClNO6S. The van der Waals surface area contributed by atoms with Gasteiger partial charge in [0.1, 0.15) is 11.9 Å². The molecule has 2 rings (SSSR count). The Kier molecular flexibility index (Phi) is 5.15. The molecular weight excluding hydrogens is 334 g/mol. The molecule has 122 valence electrons. The van der Waals surface area contributed by atoms with E-state index >= 15 is 0 Å². The van der Waals surface area contributed by atoms with Crippen molar-refractivity contribution in [3.63, 3.8) is 0 Å². The van der Waals surface area contributed by atoms with E-state index in [2.05, 4.69) is 0 Å². The summed E-state index contributed by atoms with van der Waals surface area (Å²) in [6.45, 7) is -0.0681. The van der Waals surface area contributed by atoms with Gasteiger partial charge >= 0.3 is 6.09 Å². The van der Waals surface area contributed by atoms with Crippen molar-refractivity contribution in [2.45, 2.75) is 18.6 Å². The number of benzene rings is 1. The summed E-state index contributed by atoms with van der Waals surface area (Å²) in [4.78, 5) is 12.4. The highest BCUT2D eigenvalue weighted by Gasteiger charge is 2.37. The highest BCUT2D eigenvalue weighted by Crippen LogP contribution is 2.24. The standard InChI is InChI=1S/C13H16ClNO6S/c1-22(18,19)20-8-10-6-12(7-15(10)13(16)17)21-11-4-2-9(14)3-5-11/h2-5,10,12H,6-8H2,1H3,(H,16,17)/t10-,12-/m0/s1. The van der Waals surface area contributed by atoms with Gasteiger partial charge in [-0.15, -0.1) is 0 Å². The lowest BCUT2D eigenvalue weighted by Crippen LogP contribution is -2.38. The van der Waals surface area contributed by atoms with Gasteiger partial charge in [0.15, 0.2) is 0 Å². The fraction of sp³-hybridized carbons (Fsp3) is 0.462. The van der Waals surface area contributed by atoms with Crippen LogP contribution in [0.2, 0.25) is 5.02 Å². The summed E-state index contributed by atoms with van der Waals surface area (Å²) in [5.74, 6) is 0.574. The number of carbonyl (C=O) groups is 1. The van der Waals surface area contributed by atoms with Crippen LogP contribution in [0.5, 0.6) is 5.75 Å². The van der Waals surface area contributed by atoms with Crippen LogP contribution in [0.3, 0.4) is 0 Å². The molecule has 1 heterocycles. The van der Waals surface area contributed by atoms with Gasteiger partial charge in [0, 0.05) is 11.4 Å². The second-order valence-electron chi connectivity index (χ2n) is 5.01. The summed E-state index contributed by atoms with van der Waals surface area (Å²) in [7, 11) is -3.62. The van der Waals surface area contributed by atoms with Gasteiger partial charge in [0.25, 0.3) is 10.1 Å². The van der Waals surface area contributed by atoms with Crippen molar-refractivity contribution in [3.8, 4) is 5.75 Å². The van der Waals surface area contributed by atoms with Crippen LogP contribution in [0, 0.1) is 0 Å². The fourth-order valence-corrected chi connectivity index (χ4v) is 2.79. The first kappa shape index (κ1) is 16.9. The molecule has 1 aromatic carbocycles. The van der Waals surface area contributed by atoms with Crippen LogP contribution in [0.1, 0.15) is 6.42 Å². The van der Waals surface area contributed by atoms with Crippen molar-refractivity contribution < 1.29 is 27.2 Å². The van der Waals surface area contributed by atoms with Gasteiger partial charge in [0.05, 0.1) is 25.4 Å². The number of rotatable bonds is 5. The Morgan fingerprint density at radius 2 is 2.05 bits per heavy atom. The Morgan fingerprint density at radius 1 is 1.41 bits per heavy atom. The van der Waals surface area contributed by atoms with Crippen molar-refractivity contribution in [1.29, 1.82) is 0 Å². The molecule has 0 spiro atoms. The first-order chi connectivity index (χ1) is 10.2. The zero-order valence-electron chi connectivity index (χ0n) is 11.8. The fourth-order valence-electron chi connectivity index (χ4n) is 2.26. The second kappa shape index (κ2) is 6.72. The summed E-state index contributed by atoms with van der Waals surface area (Å²) in [5, 5.41) is 9.76. The summed E-state index contributed by atoms with van der Waals surface area (Å²) in [6.07, 6.45) is -0.228. The van der Waals surface area contributed by atoms with Crippen LogP contribution in [-0.4, -0.2) is 56.1 Å². The topological polar surface area (TPSA) is 93.1 Å². The van der Waals surface area contributed by atoms with Crippen LogP contribution < -0.4 is 4.74 Å². The monoisotopic (exact) mass is 349 g/mol. The maximum atomic E-state index is 11.2. The molecule has 1 amide bonds. The number of hydrogen-bond acceptors (Lipinski definition) is 5. The van der Waals surface area contributed by atoms with Crippen molar-refractivity contribution in [2.24, 2.45) is 0 Å². The van der Waals surface area contributed by atoms with Crippen LogP contribution in [0.25, 0.3) is 0 Å². The summed E-state index contributed by atoms with van der Waals surface area (Å²) in [5.41, 5.74) is 0. The maximum Gasteiger partial charge on any atom is 0.407 e. The van der Waals surface area contributed by atoms with E-state index in [1.54, 1.807) is 24.3 Å². The van der Waals surface area contributed by atoms with Crippen LogP contribution in [0.4, 0.5) is 4.79 Å². The first-order valence-electron chi connectivity index (χ1n) is 6.51. The lowest BCUT2D eigenvalue weighted by atomic mass is 10.2. The molecule has 1 aliphatic heterocycles. The molecule has 1 N–H and O–H groups in total. The molecule has 1 fully saturated rings. The molecule has 0 unspecified atom stereocenters. The molecule has 1 aliphatic rings. The molecule has 0 aliphatic carbocycles. The second-order valence-corrected chi connectivity index (χ2v) is 7.09. The van der Waals surface area contributed by atoms with Crippen molar-refractivity contribution >= 4 is 27.8 Å². The van der Waals surface area contributed by atoms with E-state index in [4.69, 9.17) is 20.5 Å². The zero-order valence-corrected chi connectivity index (χ0v) is 13.4. The highest BCUT2D eigenvalue weighted by atomic mass is 35.5. The largest absolute Gasteiger partial charge is 0.489 e. The van der Waals surface area contributed by atoms with Crippen LogP contribution in [0.15, 0.2) is 24.3 Å². The predicted molar refractivity (Wildman–Crippen MR) is 79.8 cm³/mol. The molecule has 9 heteroatoms. The number of likely N-dealkylation sites (tertiary alicyclic amines) is 1. The number of ether oxygens (including phenoxy) is 1. The average Bonchev–Trinajstić information content (AvgIpc) is 2.82. The van der Waals surface area contributed by atoms with E-state index in [1.807, 2.05) is 0 Å². The Labute approximate surface area is 133 Å². The average molecular weight is 350 g/mol. The summed E-state index contributed by atoms with van der Waals surface area (Å²) in [6, 6.07) is 6.15. The smallest absolute Gasteiger partial charge is 0.407 e. The number of hydrogen-bond donors (Lipinski definition) is 1. The minimum absolute atomic E-state index is 0.149.